The number of carboxylic acid groups (broad SMARTS) is 1. The highest BCUT2D eigenvalue weighted by Gasteiger charge is 2.20. The zero-order valence-corrected chi connectivity index (χ0v) is 15.3. The second kappa shape index (κ2) is 7.81. The Morgan fingerprint density at radius 2 is 1.88 bits per heavy atom. The van der Waals surface area contributed by atoms with Crippen molar-refractivity contribution in [2.75, 3.05) is 18.0 Å². The molecule has 1 aromatic carbocycles. The van der Waals surface area contributed by atoms with Crippen molar-refractivity contribution in [3.8, 4) is 0 Å². The molecule has 0 aliphatic heterocycles. The van der Waals surface area contributed by atoms with E-state index in [9.17, 15) is 9.90 Å². The number of carbonyl (C=O) groups is 1. The largest absolute Gasteiger partial charge is 0.475 e. The second-order valence-electron chi connectivity index (χ2n) is 5.32. The highest BCUT2D eigenvalue weighted by atomic mass is 35.5. The van der Waals surface area contributed by atoms with Crippen LogP contribution in [0.1, 0.15) is 41.3 Å². The van der Waals surface area contributed by atoms with Gasteiger partial charge in [0.2, 0.25) is 5.82 Å². The number of aryl methyl sites for hydroxylation is 1. The lowest BCUT2D eigenvalue weighted by Crippen LogP contribution is -2.26. The van der Waals surface area contributed by atoms with Crippen LogP contribution in [0, 0.1) is 6.92 Å². The summed E-state index contributed by atoms with van der Waals surface area (Å²) < 4.78 is 0. The highest BCUT2D eigenvalue weighted by Crippen LogP contribution is 2.28. The average molecular weight is 368 g/mol. The number of aromatic nitrogens is 2. The summed E-state index contributed by atoms with van der Waals surface area (Å²) in [5.41, 5.74) is 2.40. The van der Waals surface area contributed by atoms with E-state index in [1.165, 1.54) is 0 Å². The van der Waals surface area contributed by atoms with Gasteiger partial charge in [-0.3, -0.25) is 0 Å². The van der Waals surface area contributed by atoms with Crippen molar-refractivity contribution in [3.63, 3.8) is 0 Å². The van der Waals surface area contributed by atoms with Crippen molar-refractivity contribution in [2.45, 2.75) is 27.2 Å². The first-order valence-corrected chi connectivity index (χ1v) is 8.42. The van der Waals surface area contributed by atoms with E-state index in [4.69, 9.17) is 23.2 Å². The molecule has 0 aliphatic rings. The molecule has 1 N–H and O–H groups in total. The third-order valence-corrected chi connectivity index (χ3v) is 4.42. The molecule has 0 aliphatic carbocycles. The van der Waals surface area contributed by atoms with E-state index in [0.717, 1.165) is 11.1 Å². The molecule has 128 valence electrons. The van der Waals surface area contributed by atoms with Crippen LogP contribution in [0.2, 0.25) is 10.0 Å². The summed E-state index contributed by atoms with van der Waals surface area (Å²) in [5, 5.41) is 10.4. The Kier molecular flexibility index (Phi) is 6.02. The Morgan fingerprint density at radius 3 is 2.42 bits per heavy atom. The van der Waals surface area contributed by atoms with Crippen LogP contribution < -0.4 is 4.90 Å². The topological polar surface area (TPSA) is 66.3 Å². The van der Waals surface area contributed by atoms with E-state index in [1.807, 2.05) is 24.8 Å². The molecule has 2 rings (SSSR count). The molecule has 24 heavy (non-hydrogen) atoms. The average Bonchev–Trinajstić information content (AvgIpc) is 2.53. The molecule has 0 amide bonds. The van der Waals surface area contributed by atoms with E-state index in [-0.39, 0.29) is 5.82 Å². The first-order valence-electron chi connectivity index (χ1n) is 7.67. The van der Waals surface area contributed by atoms with Crippen molar-refractivity contribution >= 4 is 35.0 Å². The van der Waals surface area contributed by atoms with Gasteiger partial charge in [-0.15, -0.1) is 0 Å². The van der Waals surface area contributed by atoms with Gasteiger partial charge in [-0.1, -0.05) is 29.3 Å². The molecule has 2 aromatic rings. The van der Waals surface area contributed by atoms with Gasteiger partial charge in [0.05, 0.1) is 0 Å². The van der Waals surface area contributed by atoms with Gasteiger partial charge in [0.1, 0.15) is 5.82 Å². The molecule has 0 fully saturated rings. The summed E-state index contributed by atoms with van der Waals surface area (Å²) in [7, 11) is 0. The minimum atomic E-state index is -1.14. The van der Waals surface area contributed by atoms with Crippen molar-refractivity contribution < 1.29 is 9.90 Å². The summed E-state index contributed by atoms with van der Waals surface area (Å²) in [6.07, 6.45) is 0.508. The molecule has 0 bridgehead atoms. The first-order chi connectivity index (χ1) is 11.4. The Bertz CT molecular complexity index is 762. The van der Waals surface area contributed by atoms with Gasteiger partial charge < -0.3 is 10.0 Å². The third-order valence-electron chi connectivity index (χ3n) is 3.83. The Morgan fingerprint density at radius 1 is 1.21 bits per heavy atom. The third kappa shape index (κ3) is 3.97. The van der Waals surface area contributed by atoms with Crippen LogP contribution in [0.3, 0.4) is 0 Å². The Balaban J connectivity index is 2.56. The standard InChI is InChI=1S/C17H19Cl2N3O2/c1-4-22(5-2)16-13(10(3)20-15(21-16)17(23)24)8-11-6-7-12(18)9-14(11)19/h6-7,9H,4-5,8H2,1-3H3,(H,23,24). The molecule has 7 heteroatoms. The van der Waals surface area contributed by atoms with Crippen molar-refractivity contribution in [2.24, 2.45) is 0 Å². The number of halogens is 2. The number of aromatic carboxylic acids is 1. The van der Waals surface area contributed by atoms with Gasteiger partial charge in [-0.05, 0) is 38.5 Å². The zero-order chi connectivity index (χ0) is 17.9. The van der Waals surface area contributed by atoms with E-state index >= 15 is 0 Å². The number of rotatable bonds is 6. The second-order valence-corrected chi connectivity index (χ2v) is 6.17. The fraction of sp³-hybridized carbons (Fsp3) is 0.353. The molecule has 5 nitrogen and oxygen atoms in total. The van der Waals surface area contributed by atoms with Crippen LogP contribution in [0.15, 0.2) is 18.2 Å². The lowest BCUT2D eigenvalue weighted by molar-refractivity contribution is 0.0683. The van der Waals surface area contributed by atoms with Gasteiger partial charge >= 0.3 is 5.97 Å². The summed E-state index contributed by atoms with van der Waals surface area (Å²) in [6, 6.07) is 5.33. The molecule has 1 heterocycles. The van der Waals surface area contributed by atoms with Gasteiger partial charge in [0.15, 0.2) is 0 Å². The highest BCUT2D eigenvalue weighted by molar-refractivity contribution is 6.35. The fourth-order valence-electron chi connectivity index (χ4n) is 2.52. The quantitative estimate of drug-likeness (QED) is 0.827. The first kappa shape index (κ1) is 18.5. The molecule has 0 unspecified atom stereocenters. The number of nitrogens with zero attached hydrogens (tertiary/aromatic N) is 3. The minimum absolute atomic E-state index is 0.194. The maximum atomic E-state index is 11.3. The molecular weight excluding hydrogens is 349 g/mol. The zero-order valence-electron chi connectivity index (χ0n) is 13.8. The normalized spacial score (nSPS) is 10.7. The van der Waals surface area contributed by atoms with Crippen molar-refractivity contribution in [1.29, 1.82) is 0 Å². The Hall–Kier alpha value is -1.85. The summed E-state index contributed by atoms with van der Waals surface area (Å²) in [4.78, 5) is 21.7. The molecule has 0 saturated heterocycles. The minimum Gasteiger partial charge on any atom is -0.475 e. The van der Waals surface area contributed by atoms with E-state index in [1.54, 1.807) is 19.1 Å². The van der Waals surface area contributed by atoms with Crippen molar-refractivity contribution in [3.05, 3.63) is 50.9 Å². The summed E-state index contributed by atoms with van der Waals surface area (Å²) in [6.45, 7) is 7.22. The Labute approximate surface area is 151 Å². The van der Waals surface area contributed by atoms with Gasteiger partial charge in [0.25, 0.3) is 0 Å². The van der Waals surface area contributed by atoms with Gasteiger partial charge in [-0.2, -0.15) is 0 Å². The molecule has 1 aromatic heterocycles. The van der Waals surface area contributed by atoms with Crippen LogP contribution in [0.25, 0.3) is 0 Å². The lowest BCUT2D eigenvalue weighted by Gasteiger charge is -2.24. The monoisotopic (exact) mass is 367 g/mol. The van der Waals surface area contributed by atoms with E-state index in [0.29, 0.717) is 41.1 Å². The number of hydrogen-bond acceptors (Lipinski definition) is 4. The van der Waals surface area contributed by atoms with Crippen LogP contribution >= 0.6 is 23.2 Å². The fourth-order valence-corrected chi connectivity index (χ4v) is 3.00. The van der Waals surface area contributed by atoms with E-state index in [2.05, 4.69) is 9.97 Å². The number of carboxylic acids is 1. The van der Waals surface area contributed by atoms with Crippen LogP contribution in [-0.2, 0) is 6.42 Å². The summed E-state index contributed by atoms with van der Waals surface area (Å²) >= 11 is 12.2. The maximum Gasteiger partial charge on any atom is 0.374 e. The number of benzene rings is 1. The van der Waals surface area contributed by atoms with Crippen molar-refractivity contribution in [1.82, 2.24) is 9.97 Å². The van der Waals surface area contributed by atoms with Crippen LogP contribution in [0.5, 0.6) is 0 Å². The molecule has 0 saturated carbocycles. The van der Waals surface area contributed by atoms with E-state index < -0.39 is 5.97 Å². The molecule has 0 spiro atoms. The molecular formula is C17H19Cl2N3O2. The lowest BCUT2D eigenvalue weighted by atomic mass is 10.0. The maximum absolute atomic E-state index is 11.3. The van der Waals surface area contributed by atoms with Gasteiger partial charge in [-0.25, -0.2) is 14.8 Å². The summed E-state index contributed by atoms with van der Waals surface area (Å²) in [5.74, 6) is -0.696. The van der Waals surface area contributed by atoms with Crippen LogP contribution in [-0.4, -0.2) is 34.1 Å². The number of hydrogen-bond donors (Lipinski definition) is 1. The SMILES string of the molecule is CCN(CC)c1nc(C(=O)O)nc(C)c1Cc1ccc(Cl)cc1Cl. The van der Waals surface area contributed by atoms with Crippen LogP contribution in [0.4, 0.5) is 5.82 Å². The smallest absolute Gasteiger partial charge is 0.374 e. The predicted molar refractivity (Wildman–Crippen MR) is 96.6 cm³/mol. The predicted octanol–water partition coefficient (Wildman–Crippen LogP) is 4.23. The van der Waals surface area contributed by atoms with Gasteiger partial charge in [0, 0.05) is 40.8 Å². The molecule has 0 radical (unpaired) electrons. The number of anilines is 1. The molecule has 0 atom stereocenters.